The number of benzene rings is 1. The Hall–Kier alpha value is -1.70. The lowest BCUT2D eigenvalue weighted by Crippen LogP contribution is -2.48. The number of hydrogen-bond donors (Lipinski definition) is 1. The molecule has 7 heteroatoms. The molecule has 0 spiro atoms. The molecule has 1 aromatic carbocycles. The van der Waals surface area contributed by atoms with Crippen LogP contribution in [0.3, 0.4) is 0 Å². The van der Waals surface area contributed by atoms with Crippen LogP contribution in [0.5, 0.6) is 0 Å². The van der Waals surface area contributed by atoms with Crippen LogP contribution in [0, 0.1) is 0 Å². The first-order valence-electron chi connectivity index (χ1n) is 7.17. The molecule has 0 atom stereocenters. The maximum atomic E-state index is 12.6. The van der Waals surface area contributed by atoms with Gasteiger partial charge in [0, 0.05) is 32.3 Å². The van der Waals surface area contributed by atoms with E-state index in [4.69, 9.17) is 5.11 Å². The van der Waals surface area contributed by atoms with Gasteiger partial charge in [-0.25, -0.2) is 13.2 Å². The number of rotatable bonds is 5. The Morgan fingerprint density at radius 3 is 2.27 bits per heavy atom. The van der Waals surface area contributed by atoms with Gasteiger partial charge in [0.15, 0.2) is 0 Å². The first kappa shape index (κ1) is 16.7. The number of carboxylic acids is 1. The van der Waals surface area contributed by atoms with E-state index in [-0.39, 0.29) is 4.90 Å². The fraction of sp³-hybridized carbons (Fsp3) is 0.400. The van der Waals surface area contributed by atoms with Crippen molar-refractivity contribution in [1.82, 2.24) is 9.21 Å². The average Bonchev–Trinajstić information content (AvgIpc) is 2.53. The van der Waals surface area contributed by atoms with Gasteiger partial charge in [-0.05, 0) is 30.3 Å². The molecule has 6 nitrogen and oxygen atoms in total. The lowest BCUT2D eigenvalue weighted by Gasteiger charge is -2.33. The first-order valence-corrected chi connectivity index (χ1v) is 8.61. The number of carbonyl (C=O) groups is 1. The van der Waals surface area contributed by atoms with Gasteiger partial charge in [0.05, 0.1) is 4.90 Å². The fourth-order valence-electron chi connectivity index (χ4n) is 2.35. The Morgan fingerprint density at radius 2 is 1.77 bits per heavy atom. The Morgan fingerprint density at radius 1 is 1.18 bits per heavy atom. The largest absolute Gasteiger partial charge is 0.478 e. The summed E-state index contributed by atoms with van der Waals surface area (Å²) < 4.78 is 26.6. The fourth-order valence-corrected chi connectivity index (χ4v) is 3.78. The van der Waals surface area contributed by atoms with Crippen molar-refractivity contribution in [3.63, 3.8) is 0 Å². The van der Waals surface area contributed by atoms with Crippen LogP contribution in [0.1, 0.15) is 12.5 Å². The molecule has 1 N–H and O–H groups in total. The Balaban J connectivity index is 2.11. The van der Waals surface area contributed by atoms with Gasteiger partial charge in [-0.15, -0.1) is 0 Å². The van der Waals surface area contributed by atoms with Gasteiger partial charge in [-0.3, -0.25) is 0 Å². The highest BCUT2D eigenvalue weighted by Crippen LogP contribution is 2.18. The standard InChI is InChI=1S/C15H20N2O4S/c1-2-16-9-11-17(12-10-16)22(20,21)14-6-3-13(4-7-14)5-8-15(18)19/h3-8H,2,9-12H2,1H3,(H,18,19)/b8-5-. The topological polar surface area (TPSA) is 77.9 Å². The summed E-state index contributed by atoms with van der Waals surface area (Å²) in [6.45, 7) is 5.48. The van der Waals surface area contributed by atoms with E-state index in [1.807, 2.05) is 0 Å². The summed E-state index contributed by atoms with van der Waals surface area (Å²) in [5, 5.41) is 8.58. The molecule has 120 valence electrons. The van der Waals surface area contributed by atoms with Gasteiger partial charge < -0.3 is 10.0 Å². The van der Waals surface area contributed by atoms with Gasteiger partial charge >= 0.3 is 5.97 Å². The third-order valence-electron chi connectivity index (χ3n) is 3.71. The number of nitrogens with zero attached hydrogens (tertiary/aromatic N) is 2. The highest BCUT2D eigenvalue weighted by molar-refractivity contribution is 7.89. The smallest absolute Gasteiger partial charge is 0.328 e. The molecule has 2 rings (SSSR count). The number of piperazine rings is 1. The van der Waals surface area contributed by atoms with Crippen LogP contribution in [0.4, 0.5) is 0 Å². The molecule has 0 unspecified atom stereocenters. The van der Waals surface area contributed by atoms with E-state index in [2.05, 4.69) is 11.8 Å². The summed E-state index contributed by atoms with van der Waals surface area (Å²) >= 11 is 0. The van der Waals surface area contributed by atoms with Gasteiger partial charge in [-0.2, -0.15) is 4.31 Å². The lowest BCUT2D eigenvalue weighted by atomic mass is 10.2. The third-order valence-corrected chi connectivity index (χ3v) is 5.63. The second-order valence-electron chi connectivity index (χ2n) is 5.08. The molecule has 1 aliphatic heterocycles. The van der Waals surface area contributed by atoms with Crippen molar-refractivity contribution in [2.75, 3.05) is 32.7 Å². The first-order chi connectivity index (χ1) is 10.4. The minimum absolute atomic E-state index is 0.241. The molecule has 0 amide bonds. The third kappa shape index (κ3) is 3.94. The normalized spacial score (nSPS) is 17.9. The van der Waals surface area contributed by atoms with E-state index in [1.165, 1.54) is 22.5 Å². The second kappa shape index (κ2) is 7.04. The van der Waals surface area contributed by atoms with Crippen LogP contribution in [0.15, 0.2) is 35.2 Å². The van der Waals surface area contributed by atoms with Crippen LogP contribution in [0.25, 0.3) is 6.08 Å². The van der Waals surface area contributed by atoms with E-state index in [0.717, 1.165) is 25.7 Å². The van der Waals surface area contributed by atoms with E-state index >= 15 is 0 Å². The zero-order chi connectivity index (χ0) is 16.2. The Bertz CT molecular complexity index is 645. The number of hydrogen-bond acceptors (Lipinski definition) is 4. The molecule has 1 fully saturated rings. The number of aliphatic carboxylic acids is 1. The van der Waals surface area contributed by atoms with Crippen molar-refractivity contribution in [2.24, 2.45) is 0 Å². The molecule has 0 saturated carbocycles. The van der Waals surface area contributed by atoms with Crippen molar-refractivity contribution < 1.29 is 18.3 Å². The minimum atomic E-state index is -3.48. The molecule has 0 radical (unpaired) electrons. The maximum absolute atomic E-state index is 12.6. The van der Waals surface area contributed by atoms with Gasteiger partial charge in [0.1, 0.15) is 0 Å². The molecule has 0 bridgehead atoms. The van der Waals surface area contributed by atoms with Crippen molar-refractivity contribution in [3.8, 4) is 0 Å². The minimum Gasteiger partial charge on any atom is -0.478 e. The predicted molar refractivity (Wildman–Crippen MR) is 84.0 cm³/mol. The molecular weight excluding hydrogens is 304 g/mol. The SMILES string of the molecule is CCN1CCN(S(=O)(=O)c2ccc(/C=C\C(=O)O)cc2)CC1. The highest BCUT2D eigenvalue weighted by Gasteiger charge is 2.27. The molecule has 0 aliphatic carbocycles. The van der Waals surface area contributed by atoms with Crippen molar-refractivity contribution in [2.45, 2.75) is 11.8 Å². The van der Waals surface area contributed by atoms with Gasteiger partial charge in [0.2, 0.25) is 10.0 Å². The predicted octanol–water partition coefficient (Wildman–Crippen LogP) is 1.11. The number of likely N-dealkylation sites (N-methyl/N-ethyl adjacent to an activating group) is 1. The monoisotopic (exact) mass is 324 g/mol. The molecule has 1 heterocycles. The Kier molecular flexibility index (Phi) is 5.33. The molecule has 1 aromatic rings. The van der Waals surface area contributed by atoms with E-state index < -0.39 is 16.0 Å². The lowest BCUT2D eigenvalue weighted by molar-refractivity contribution is -0.131. The van der Waals surface area contributed by atoms with Crippen LogP contribution in [-0.2, 0) is 14.8 Å². The number of carboxylic acid groups (broad SMARTS) is 1. The highest BCUT2D eigenvalue weighted by atomic mass is 32.2. The second-order valence-corrected chi connectivity index (χ2v) is 7.02. The van der Waals surface area contributed by atoms with E-state index in [9.17, 15) is 13.2 Å². The van der Waals surface area contributed by atoms with Crippen molar-refractivity contribution in [3.05, 3.63) is 35.9 Å². The van der Waals surface area contributed by atoms with E-state index in [1.54, 1.807) is 12.1 Å². The molecule has 1 saturated heterocycles. The molecule has 1 aliphatic rings. The molecular formula is C15H20N2O4S. The van der Waals surface area contributed by atoms with Gasteiger partial charge in [0.25, 0.3) is 0 Å². The molecule has 22 heavy (non-hydrogen) atoms. The molecule has 0 aromatic heterocycles. The van der Waals surface area contributed by atoms with Crippen molar-refractivity contribution in [1.29, 1.82) is 0 Å². The maximum Gasteiger partial charge on any atom is 0.328 e. The summed E-state index contributed by atoms with van der Waals surface area (Å²) in [4.78, 5) is 12.9. The summed E-state index contributed by atoms with van der Waals surface area (Å²) in [5.41, 5.74) is 0.650. The van der Waals surface area contributed by atoms with Crippen LogP contribution in [0.2, 0.25) is 0 Å². The van der Waals surface area contributed by atoms with Crippen LogP contribution in [-0.4, -0.2) is 61.4 Å². The summed E-state index contributed by atoms with van der Waals surface area (Å²) in [6.07, 6.45) is 2.45. The van der Waals surface area contributed by atoms with Crippen LogP contribution >= 0.6 is 0 Å². The van der Waals surface area contributed by atoms with Crippen molar-refractivity contribution >= 4 is 22.1 Å². The van der Waals surface area contributed by atoms with E-state index in [0.29, 0.717) is 18.7 Å². The Labute approximate surface area is 130 Å². The van der Waals surface area contributed by atoms with Gasteiger partial charge in [-0.1, -0.05) is 19.1 Å². The zero-order valence-corrected chi connectivity index (χ0v) is 13.3. The summed E-state index contributed by atoms with van der Waals surface area (Å²) in [6, 6.07) is 6.25. The number of sulfonamides is 1. The van der Waals surface area contributed by atoms with Crippen LogP contribution < -0.4 is 0 Å². The quantitative estimate of drug-likeness (QED) is 0.821. The summed E-state index contributed by atoms with van der Waals surface area (Å²) in [7, 11) is -3.48. The average molecular weight is 324 g/mol. The zero-order valence-electron chi connectivity index (χ0n) is 12.5. The summed E-state index contributed by atoms with van der Waals surface area (Å²) in [5.74, 6) is -1.04.